The molecular weight excluding hydrogens is 345 g/mol. The quantitative estimate of drug-likeness (QED) is 0.592. The number of halogens is 2. The maximum absolute atomic E-state index is 6.36. The Balaban J connectivity index is 2.20. The summed E-state index contributed by atoms with van der Waals surface area (Å²) in [5.41, 5.74) is 3.11. The van der Waals surface area contributed by atoms with Crippen LogP contribution in [0.1, 0.15) is 18.1 Å². The van der Waals surface area contributed by atoms with Crippen molar-refractivity contribution in [3.8, 4) is 11.5 Å². The van der Waals surface area contributed by atoms with Crippen molar-refractivity contribution in [3.05, 3.63) is 64.2 Å². The van der Waals surface area contributed by atoms with Crippen LogP contribution in [0.3, 0.4) is 0 Å². The second-order valence-corrected chi connectivity index (χ2v) is 6.09. The van der Waals surface area contributed by atoms with E-state index in [1.807, 2.05) is 44.2 Å². The van der Waals surface area contributed by atoms with Crippen molar-refractivity contribution in [3.63, 3.8) is 0 Å². The average molecular weight is 366 g/mol. The van der Waals surface area contributed by atoms with Crippen LogP contribution in [0.15, 0.2) is 43.0 Å². The lowest BCUT2D eigenvalue weighted by Crippen LogP contribution is -2.04. The van der Waals surface area contributed by atoms with Gasteiger partial charge in [0.1, 0.15) is 6.61 Å². The number of nitrogens with one attached hydrogen (secondary N) is 1. The lowest BCUT2D eigenvalue weighted by atomic mass is 10.1. The highest BCUT2D eigenvalue weighted by Gasteiger charge is 2.12. The van der Waals surface area contributed by atoms with E-state index in [2.05, 4.69) is 11.9 Å². The van der Waals surface area contributed by atoms with Crippen molar-refractivity contribution in [2.75, 3.05) is 18.5 Å². The lowest BCUT2D eigenvalue weighted by Gasteiger charge is -2.15. The molecular formula is C19H21Cl2NO2. The summed E-state index contributed by atoms with van der Waals surface area (Å²) >= 11 is 12.4. The van der Waals surface area contributed by atoms with Gasteiger partial charge < -0.3 is 14.8 Å². The molecule has 0 bridgehead atoms. The third kappa shape index (κ3) is 4.83. The minimum atomic E-state index is 0.374. The first-order valence-electron chi connectivity index (χ1n) is 7.74. The maximum atomic E-state index is 6.36. The monoisotopic (exact) mass is 365 g/mol. The minimum Gasteiger partial charge on any atom is -0.490 e. The van der Waals surface area contributed by atoms with Crippen LogP contribution in [0, 0.1) is 6.92 Å². The highest BCUT2D eigenvalue weighted by Crippen LogP contribution is 2.37. The fraction of sp³-hybridized carbons (Fsp3) is 0.263. The summed E-state index contributed by atoms with van der Waals surface area (Å²) in [6.07, 6.45) is 1.67. The van der Waals surface area contributed by atoms with Crippen LogP contribution >= 0.6 is 23.2 Å². The maximum Gasteiger partial charge on any atom is 0.180 e. The molecule has 2 aromatic carbocycles. The molecule has 0 saturated heterocycles. The van der Waals surface area contributed by atoms with E-state index in [0.717, 1.165) is 16.8 Å². The highest BCUT2D eigenvalue weighted by molar-refractivity contribution is 6.32. The second kappa shape index (κ2) is 8.86. The zero-order valence-corrected chi connectivity index (χ0v) is 15.4. The molecule has 0 atom stereocenters. The van der Waals surface area contributed by atoms with Crippen LogP contribution in [0.2, 0.25) is 10.0 Å². The van der Waals surface area contributed by atoms with Crippen LogP contribution in [0.5, 0.6) is 11.5 Å². The normalized spacial score (nSPS) is 10.3. The molecule has 0 spiro atoms. The summed E-state index contributed by atoms with van der Waals surface area (Å²) in [6, 6.07) is 9.56. The van der Waals surface area contributed by atoms with Crippen LogP contribution in [-0.2, 0) is 6.54 Å². The summed E-state index contributed by atoms with van der Waals surface area (Å²) in [5.74, 6) is 1.17. The van der Waals surface area contributed by atoms with Crippen LogP contribution in [0.25, 0.3) is 0 Å². The minimum absolute atomic E-state index is 0.374. The van der Waals surface area contributed by atoms with Gasteiger partial charge in [-0.05, 0) is 49.2 Å². The molecule has 2 rings (SSSR count). The Hall–Kier alpha value is -1.84. The van der Waals surface area contributed by atoms with Gasteiger partial charge in [0.25, 0.3) is 0 Å². The third-order valence-electron chi connectivity index (χ3n) is 3.40. The van der Waals surface area contributed by atoms with Gasteiger partial charge in [-0.25, -0.2) is 0 Å². The van der Waals surface area contributed by atoms with Gasteiger partial charge in [-0.2, -0.15) is 0 Å². The molecule has 0 aliphatic carbocycles. The van der Waals surface area contributed by atoms with Gasteiger partial charge in [0.2, 0.25) is 0 Å². The Bertz CT molecular complexity index is 717. The predicted octanol–water partition coefficient (Wildman–Crippen LogP) is 5.88. The SMILES string of the molecule is C=CCOc1c(Cl)cc(CNc2cc(Cl)ccc2C)cc1OCC. The van der Waals surface area contributed by atoms with Crippen LogP contribution in [-0.4, -0.2) is 13.2 Å². The van der Waals surface area contributed by atoms with Crippen molar-refractivity contribution in [2.45, 2.75) is 20.4 Å². The summed E-state index contributed by atoms with van der Waals surface area (Å²) in [4.78, 5) is 0. The van der Waals surface area contributed by atoms with Crippen molar-refractivity contribution in [1.82, 2.24) is 0 Å². The smallest absolute Gasteiger partial charge is 0.180 e. The Morgan fingerprint density at radius 1 is 1.17 bits per heavy atom. The van der Waals surface area contributed by atoms with E-state index in [-0.39, 0.29) is 0 Å². The molecule has 2 aromatic rings. The molecule has 0 radical (unpaired) electrons. The Morgan fingerprint density at radius 2 is 1.96 bits per heavy atom. The fourth-order valence-corrected chi connectivity index (χ4v) is 2.71. The summed E-state index contributed by atoms with van der Waals surface area (Å²) in [5, 5.41) is 4.59. The van der Waals surface area contributed by atoms with Gasteiger partial charge in [-0.1, -0.05) is 41.9 Å². The van der Waals surface area contributed by atoms with Crippen molar-refractivity contribution in [1.29, 1.82) is 0 Å². The van der Waals surface area contributed by atoms with Gasteiger partial charge in [-0.3, -0.25) is 0 Å². The molecule has 0 aliphatic heterocycles. The van der Waals surface area contributed by atoms with Gasteiger partial charge >= 0.3 is 0 Å². The second-order valence-electron chi connectivity index (χ2n) is 5.25. The number of hydrogen-bond donors (Lipinski definition) is 1. The number of aryl methyl sites for hydroxylation is 1. The number of rotatable bonds is 8. The highest BCUT2D eigenvalue weighted by atomic mass is 35.5. The third-order valence-corrected chi connectivity index (χ3v) is 3.91. The Labute approximate surface area is 153 Å². The van der Waals surface area contributed by atoms with Gasteiger partial charge in [0.05, 0.1) is 11.6 Å². The summed E-state index contributed by atoms with van der Waals surface area (Å²) < 4.78 is 11.3. The number of anilines is 1. The van der Waals surface area contributed by atoms with Crippen LogP contribution < -0.4 is 14.8 Å². The number of ether oxygens (including phenoxy) is 2. The largest absolute Gasteiger partial charge is 0.490 e. The van der Waals surface area contributed by atoms with Gasteiger partial charge in [0, 0.05) is 17.3 Å². The van der Waals surface area contributed by atoms with E-state index < -0.39 is 0 Å². The Kier molecular flexibility index (Phi) is 6.83. The van der Waals surface area contributed by atoms with Crippen LogP contribution in [0.4, 0.5) is 5.69 Å². The first kappa shape index (κ1) is 18.5. The molecule has 0 heterocycles. The van der Waals surface area contributed by atoms with Gasteiger partial charge in [-0.15, -0.1) is 0 Å². The van der Waals surface area contributed by atoms with Crippen molar-refractivity contribution >= 4 is 28.9 Å². The Morgan fingerprint density at radius 3 is 2.67 bits per heavy atom. The number of hydrogen-bond acceptors (Lipinski definition) is 3. The van der Waals surface area contributed by atoms with E-state index in [9.17, 15) is 0 Å². The zero-order valence-electron chi connectivity index (χ0n) is 13.9. The molecule has 0 aliphatic rings. The first-order chi connectivity index (χ1) is 11.5. The average Bonchev–Trinajstić information content (AvgIpc) is 2.55. The fourth-order valence-electron chi connectivity index (χ4n) is 2.25. The van der Waals surface area contributed by atoms with Crippen molar-refractivity contribution in [2.24, 2.45) is 0 Å². The van der Waals surface area contributed by atoms with Crippen molar-refractivity contribution < 1.29 is 9.47 Å². The van der Waals surface area contributed by atoms with E-state index in [1.165, 1.54) is 0 Å². The predicted molar refractivity (Wildman–Crippen MR) is 102 cm³/mol. The van der Waals surface area contributed by atoms with E-state index in [4.69, 9.17) is 32.7 Å². The number of benzene rings is 2. The zero-order chi connectivity index (χ0) is 17.5. The molecule has 1 N–H and O–H groups in total. The first-order valence-corrected chi connectivity index (χ1v) is 8.49. The van der Waals surface area contributed by atoms with E-state index >= 15 is 0 Å². The molecule has 3 nitrogen and oxygen atoms in total. The lowest BCUT2D eigenvalue weighted by molar-refractivity contribution is 0.297. The molecule has 0 amide bonds. The van der Waals surface area contributed by atoms with E-state index in [1.54, 1.807) is 6.08 Å². The van der Waals surface area contributed by atoms with Gasteiger partial charge in [0.15, 0.2) is 11.5 Å². The standard InChI is InChI=1S/C19H21Cl2NO2/c1-4-8-24-19-16(21)9-14(10-18(19)23-5-2)12-22-17-11-15(20)7-6-13(17)3/h4,6-7,9-11,22H,1,5,8,12H2,2-3H3. The van der Waals surface area contributed by atoms with E-state index in [0.29, 0.717) is 41.3 Å². The molecule has 24 heavy (non-hydrogen) atoms. The molecule has 0 unspecified atom stereocenters. The molecule has 5 heteroatoms. The summed E-state index contributed by atoms with van der Waals surface area (Å²) in [7, 11) is 0. The molecule has 0 saturated carbocycles. The molecule has 0 aromatic heterocycles. The molecule has 128 valence electrons. The molecule has 0 fully saturated rings. The summed E-state index contributed by atoms with van der Waals surface area (Å²) in [6.45, 7) is 9.11. The topological polar surface area (TPSA) is 30.5 Å².